The summed E-state index contributed by atoms with van der Waals surface area (Å²) in [6.45, 7) is 2.50. The first-order valence-corrected chi connectivity index (χ1v) is 8.54. The summed E-state index contributed by atoms with van der Waals surface area (Å²) < 4.78 is 44.6. The molecule has 2 atom stereocenters. The van der Waals surface area contributed by atoms with Crippen LogP contribution in [-0.4, -0.2) is 39.6 Å². The van der Waals surface area contributed by atoms with Gasteiger partial charge in [-0.25, -0.2) is 12.8 Å². The van der Waals surface area contributed by atoms with Crippen molar-refractivity contribution in [1.29, 1.82) is 0 Å². The second kappa shape index (κ2) is 7.17. The van der Waals surface area contributed by atoms with Gasteiger partial charge in [-0.05, 0) is 44.0 Å². The standard InChI is InChI=1S/C14H19FN2O4S/c1-10(14(18)16-9-12-3-2-8-21-12)17-22(19,20)13-6-4-11(15)5-7-13/h4-7,10,12,17H,2-3,8-9H2,1H3,(H,16,18)/t10-,12-/m1/s1. The second-order valence-corrected chi connectivity index (χ2v) is 6.89. The molecule has 0 aliphatic carbocycles. The van der Waals surface area contributed by atoms with Crippen molar-refractivity contribution in [3.05, 3.63) is 30.1 Å². The molecule has 122 valence electrons. The first-order chi connectivity index (χ1) is 10.4. The molecule has 1 aromatic rings. The zero-order valence-corrected chi connectivity index (χ0v) is 13.0. The minimum absolute atomic E-state index is 0.00939. The molecule has 2 N–H and O–H groups in total. The van der Waals surface area contributed by atoms with E-state index in [1.54, 1.807) is 0 Å². The molecule has 1 aromatic carbocycles. The van der Waals surface area contributed by atoms with Crippen LogP contribution in [0.1, 0.15) is 19.8 Å². The van der Waals surface area contributed by atoms with Gasteiger partial charge in [0, 0.05) is 13.2 Å². The first-order valence-electron chi connectivity index (χ1n) is 7.06. The fraction of sp³-hybridized carbons (Fsp3) is 0.500. The van der Waals surface area contributed by atoms with E-state index < -0.39 is 27.8 Å². The fourth-order valence-corrected chi connectivity index (χ4v) is 3.34. The van der Waals surface area contributed by atoms with Crippen LogP contribution in [0.2, 0.25) is 0 Å². The number of halogens is 1. The number of sulfonamides is 1. The van der Waals surface area contributed by atoms with E-state index >= 15 is 0 Å². The summed E-state index contributed by atoms with van der Waals surface area (Å²) in [6, 6.07) is 3.47. The number of nitrogens with one attached hydrogen (secondary N) is 2. The molecule has 0 radical (unpaired) electrons. The van der Waals surface area contributed by atoms with Gasteiger partial charge in [0.15, 0.2) is 0 Å². The molecule has 1 saturated heterocycles. The Morgan fingerprint density at radius 3 is 2.68 bits per heavy atom. The van der Waals surface area contributed by atoms with Crippen molar-refractivity contribution < 1.29 is 22.3 Å². The molecule has 1 heterocycles. The minimum atomic E-state index is -3.87. The number of benzene rings is 1. The maximum absolute atomic E-state index is 12.8. The predicted molar refractivity (Wildman–Crippen MR) is 78.2 cm³/mol. The van der Waals surface area contributed by atoms with Gasteiger partial charge in [0.2, 0.25) is 15.9 Å². The van der Waals surface area contributed by atoms with Gasteiger partial charge in [-0.1, -0.05) is 0 Å². The molecule has 1 amide bonds. The number of carbonyl (C=O) groups excluding carboxylic acids is 1. The summed E-state index contributed by atoms with van der Waals surface area (Å²) in [4.78, 5) is 11.8. The number of amides is 1. The minimum Gasteiger partial charge on any atom is -0.376 e. The number of hydrogen-bond acceptors (Lipinski definition) is 4. The third kappa shape index (κ3) is 4.49. The average molecular weight is 330 g/mol. The molecule has 0 unspecified atom stereocenters. The van der Waals surface area contributed by atoms with Crippen molar-refractivity contribution in [2.75, 3.05) is 13.2 Å². The van der Waals surface area contributed by atoms with Crippen LogP contribution in [0, 0.1) is 5.82 Å². The lowest BCUT2D eigenvalue weighted by molar-refractivity contribution is -0.122. The quantitative estimate of drug-likeness (QED) is 0.807. The Morgan fingerprint density at radius 1 is 1.41 bits per heavy atom. The smallest absolute Gasteiger partial charge is 0.241 e. The Morgan fingerprint density at radius 2 is 2.09 bits per heavy atom. The Hall–Kier alpha value is -1.51. The monoisotopic (exact) mass is 330 g/mol. The molecule has 1 aliphatic rings. The summed E-state index contributed by atoms with van der Waals surface area (Å²) in [6.07, 6.45) is 1.84. The Bertz CT molecular complexity index is 612. The van der Waals surface area contributed by atoms with Gasteiger partial charge in [-0.2, -0.15) is 4.72 Å². The second-order valence-electron chi connectivity index (χ2n) is 5.18. The third-order valence-corrected chi connectivity index (χ3v) is 4.93. The molecule has 22 heavy (non-hydrogen) atoms. The van der Waals surface area contributed by atoms with Crippen LogP contribution in [0.3, 0.4) is 0 Å². The summed E-state index contributed by atoms with van der Waals surface area (Å²) in [5, 5.41) is 2.66. The highest BCUT2D eigenvalue weighted by atomic mass is 32.2. The zero-order chi connectivity index (χ0) is 16.2. The summed E-state index contributed by atoms with van der Waals surface area (Å²) in [7, 11) is -3.87. The Kier molecular flexibility index (Phi) is 5.49. The van der Waals surface area contributed by atoms with E-state index in [0.717, 1.165) is 37.1 Å². The highest BCUT2D eigenvalue weighted by Crippen LogP contribution is 2.11. The van der Waals surface area contributed by atoms with Gasteiger partial charge in [0.25, 0.3) is 0 Å². The lowest BCUT2D eigenvalue weighted by Gasteiger charge is -2.16. The Labute approximate surface area is 129 Å². The predicted octanol–water partition coefficient (Wildman–Crippen LogP) is 0.788. The van der Waals surface area contributed by atoms with Gasteiger partial charge >= 0.3 is 0 Å². The summed E-state index contributed by atoms with van der Waals surface area (Å²) in [5.74, 6) is -0.956. The van der Waals surface area contributed by atoms with Crippen LogP contribution in [0.5, 0.6) is 0 Å². The SMILES string of the molecule is C[C@@H](NS(=O)(=O)c1ccc(F)cc1)C(=O)NC[C@H]1CCCO1. The number of carbonyl (C=O) groups is 1. The Balaban J connectivity index is 1.90. The van der Waals surface area contributed by atoms with Crippen molar-refractivity contribution >= 4 is 15.9 Å². The zero-order valence-electron chi connectivity index (χ0n) is 12.2. The van der Waals surface area contributed by atoms with Gasteiger partial charge in [0.05, 0.1) is 17.0 Å². The molecule has 6 nitrogen and oxygen atoms in total. The van der Waals surface area contributed by atoms with Crippen LogP contribution in [0.25, 0.3) is 0 Å². The molecular formula is C14H19FN2O4S. The van der Waals surface area contributed by atoms with Gasteiger partial charge in [-0.3, -0.25) is 4.79 Å². The fourth-order valence-electron chi connectivity index (χ4n) is 2.14. The molecule has 0 spiro atoms. The number of hydrogen-bond donors (Lipinski definition) is 2. The van der Waals surface area contributed by atoms with Crippen LogP contribution in [0.15, 0.2) is 29.2 Å². The van der Waals surface area contributed by atoms with Crippen LogP contribution in [0.4, 0.5) is 4.39 Å². The van der Waals surface area contributed by atoms with E-state index in [0.29, 0.717) is 13.2 Å². The lowest BCUT2D eigenvalue weighted by atomic mass is 10.2. The molecule has 1 aliphatic heterocycles. The normalized spacial score (nSPS) is 19.8. The van der Waals surface area contributed by atoms with Crippen molar-refractivity contribution in [2.24, 2.45) is 0 Å². The number of rotatable bonds is 6. The highest BCUT2D eigenvalue weighted by molar-refractivity contribution is 7.89. The summed E-state index contributed by atoms with van der Waals surface area (Å²) in [5.41, 5.74) is 0. The average Bonchev–Trinajstić information content (AvgIpc) is 2.98. The van der Waals surface area contributed by atoms with E-state index in [-0.39, 0.29) is 11.0 Å². The largest absolute Gasteiger partial charge is 0.376 e. The van der Waals surface area contributed by atoms with Gasteiger partial charge in [0.1, 0.15) is 5.82 Å². The molecule has 1 fully saturated rings. The van der Waals surface area contributed by atoms with Crippen molar-refractivity contribution in [3.8, 4) is 0 Å². The van der Waals surface area contributed by atoms with Crippen LogP contribution in [-0.2, 0) is 19.6 Å². The maximum Gasteiger partial charge on any atom is 0.241 e. The summed E-state index contributed by atoms with van der Waals surface area (Å²) >= 11 is 0. The lowest BCUT2D eigenvalue weighted by Crippen LogP contribution is -2.46. The molecule has 2 rings (SSSR count). The molecule has 8 heteroatoms. The molecule has 0 bridgehead atoms. The van der Waals surface area contributed by atoms with E-state index in [1.807, 2.05) is 0 Å². The van der Waals surface area contributed by atoms with E-state index in [9.17, 15) is 17.6 Å². The van der Waals surface area contributed by atoms with E-state index in [4.69, 9.17) is 4.74 Å². The highest BCUT2D eigenvalue weighted by Gasteiger charge is 2.23. The number of ether oxygens (including phenoxy) is 1. The van der Waals surface area contributed by atoms with Crippen molar-refractivity contribution in [1.82, 2.24) is 10.0 Å². The van der Waals surface area contributed by atoms with Crippen LogP contribution < -0.4 is 10.0 Å². The first kappa shape index (κ1) is 16.9. The van der Waals surface area contributed by atoms with Gasteiger partial charge in [-0.15, -0.1) is 0 Å². The van der Waals surface area contributed by atoms with Crippen molar-refractivity contribution in [2.45, 2.75) is 36.8 Å². The molecule has 0 saturated carbocycles. The van der Waals surface area contributed by atoms with E-state index in [2.05, 4.69) is 10.0 Å². The third-order valence-electron chi connectivity index (χ3n) is 3.38. The molecular weight excluding hydrogens is 311 g/mol. The topological polar surface area (TPSA) is 84.5 Å². The molecule has 0 aromatic heterocycles. The van der Waals surface area contributed by atoms with Gasteiger partial charge < -0.3 is 10.1 Å². The van der Waals surface area contributed by atoms with Crippen LogP contribution >= 0.6 is 0 Å². The maximum atomic E-state index is 12.8. The van der Waals surface area contributed by atoms with E-state index in [1.165, 1.54) is 6.92 Å². The van der Waals surface area contributed by atoms with Crippen molar-refractivity contribution in [3.63, 3.8) is 0 Å².